The van der Waals surface area contributed by atoms with E-state index in [0.717, 1.165) is 10.9 Å². The van der Waals surface area contributed by atoms with Gasteiger partial charge in [-0.25, -0.2) is 0 Å². The summed E-state index contributed by atoms with van der Waals surface area (Å²) in [5.74, 6) is -0.163. The number of fused-ring (bicyclic) bond motifs is 1. The zero-order valence-electron chi connectivity index (χ0n) is 10.3. The van der Waals surface area contributed by atoms with Gasteiger partial charge in [0.15, 0.2) is 5.78 Å². The van der Waals surface area contributed by atoms with Crippen LogP contribution in [-0.4, -0.2) is 10.8 Å². The molecule has 0 saturated carbocycles. The molecule has 20 heavy (non-hydrogen) atoms. The second kappa shape index (κ2) is 4.85. The summed E-state index contributed by atoms with van der Waals surface area (Å²) in [5, 5.41) is 1.69. The molecular weight excluding hydrogens is 295 g/mol. The molecule has 5 heteroatoms. The van der Waals surface area contributed by atoms with E-state index in [0.29, 0.717) is 26.9 Å². The number of halogens is 2. The zero-order valence-corrected chi connectivity index (χ0v) is 11.8. The molecule has 0 atom stereocenters. The molecule has 3 nitrogen and oxygen atoms in total. The van der Waals surface area contributed by atoms with Crippen molar-refractivity contribution in [2.75, 3.05) is 5.73 Å². The van der Waals surface area contributed by atoms with Gasteiger partial charge in [0, 0.05) is 28.4 Å². The van der Waals surface area contributed by atoms with E-state index in [-0.39, 0.29) is 5.78 Å². The van der Waals surface area contributed by atoms with E-state index in [9.17, 15) is 4.79 Å². The number of nitrogen functional groups attached to an aromatic ring is 1. The maximum atomic E-state index is 12.6. The minimum Gasteiger partial charge on any atom is -0.399 e. The number of ketones is 1. The summed E-state index contributed by atoms with van der Waals surface area (Å²) >= 11 is 12.2. The lowest BCUT2D eigenvalue weighted by Crippen LogP contribution is -2.02. The first kappa shape index (κ1) is 13.0. The van der Waals surface area contributed by atoms with Crippen LogP contribution < -0.4 is 5.73 Å². The Kier molecular flexibility index (Phi) is 3.16. The van der Waals surface area contributed by atoms with E-state index in [1.165, 1.54) is 0 Å². The first-order chi connectivity index (χ1) is 9.58. The lowest BCUT2D eigenvalue weighted by molar-refractivity contribution is 0.104. The van der Waals surface area contributed by atoms with Crippen molar-refractivity contribution in [2.45, 2.75) is 0 Å². The number of carbonyl (C=O) groups is 1. The third-order valence-electron chi connectivity index (χ3n) is 3.15. The number of nitrogens with one attached hydrogen (secondary N) is 1. The van der Waals surface area contributed by atoms with Crippen molar-refractivity contribution in [3.8, 4) is 0 Å². The number of aromatic nitrogens is 1. The van der Waals surface area contributed by atoms with Crippen molar-refractivity contribution in [2.24, 2.45) is 0 Å². The quantitative estimate of drug-likeness (QED) is 0.548. The molecule has 2 aromatic carbocycles. The zero-order chi connectivity index (χ0) is 14.3. The Morgan fingerprint density at radius 3 is 2.60 bits per heavy atom. The van der Waals surface area contributed by atoms with Gasteiger partial charge in [-0.3, -0.25) is 4.79 Å². The number of para-hydroxylation sites is 1. The Bertz CT molecular complexity index is 824. The van der Waals surface area contributed by atoms with Crippen molar-refractivity contribution in [1.82, 2.24) is 4.98 Å². The van der Waals surface area contributed by atoms with E-state index in [2.05, 4.69) is 4.98 Å². The van der Waals surface area contributed by atoms with Gasteiger partial charge in [-0.1, -0.05) is 35.3 Å². The maximum Gasteiger partial charge on any atom is 0.196 e. The smallest absolute Gasteiger partial charge is 0.196 e. The highest BCUT2D eigenvalue weighted by atomic mass is 35.5. The molecule has 0 fully saturated rings. The SMILES string of the molecule is Nc1ccc(C(=O)c2c[nH]c3c(Cl)cccc23)c(Cl)c1. The highest BCUT2D eigenvalue weighted by Crippen LogP contribution is 2.29. The highest BCUT2D eigenvalue weighted by molar-refractivity contribution is 6.37. The number of hydrogen-bond acceptors (Lipinski definition) is 2. The van der Waals surface area contributed by atoms with Crippen LogP contribution in [0.15, 0.2) is 42.6 Å². The Hall–Kier alpha value is -1.97. The number of H-pyrrole nitrogens is 1. The first-order valence-electron chi connectivity index (χ1n) is 5.93. The summed E-state index contributed by atoms with van der Waals surface area (Å²) in [6.07, 6.45) is 1.64. The molecule has 0 unspecified atom stereocenters. The van der Waals surface area contributed by atoms with Crippen LogP contribution in [0.3, 0.4) is 0 Å². The Morgan fingerprint density at radius 2 is 1.85 bits per heavy atom. The van der Waals surface area contributed by atoms with Gasteiger partial charge < -0.3 is 10.7 Å². The summed E-state index contributed by atoms with van der Waals surface area (Å²) in [5.41, 5.74) is 7.85. The van der Waals surface area contributed by atoms with Crippen molar-refractivity contribution in [1.29, 1.82) is 0 Å². The second-order valence-corrected chi connectivity index (χ2v) is 5.25. The molecule has 3 aromatic rings. The number of anilines is 1. The van der Waals surface area contributed by atoms with E-state index >= 15 is 0 Å². The van der Waals surface area contributed by atoms with Crippen LogP contribution in [0.5, 0.6) is 0 Å². The minimum atomic E-state index is -0.163. The molecule has 0 aliphatic heterocycles. The largest absolute Gasteiger partial charge is 0.399 e. The van der Waals surface area contributed by atoms with Crippen LogP contribution in [0.25, 0.3) is 10.9 Å². The van der Waals surface area contributed by atoms with Crippen LogP contribution in [0, 0.1) is 0 Å². The molecule has 0 radical (unpaired) electrons. The van der Waals surface area contributed by atoms with E-state index < -0.39 is 0 Å². The standard InChI is InChI=1S/C15H10Cl2N2O/c16-12-3-1-2-9-11(7-19-14(9)12)15(20)10-5-4-8(18)6-13(10)17/h1-7,19H,18H2. The van der Waals surface area contributed by atoms with E-state index in [1.807, 2.05) is 6.07 Å². The summed E-state index contributed by atoms with van der Waals surface area (Å²) in [6.45, 7) is 0. The predicted octanol–water partition coefficient (Wildman–Crippen LogP) is 4.29. The van der Waals surface area contributed by atoms with Gasteiger partial charge in [-0.15, -0.1) is 0 Å². The third-order valence-corrected chi connectivity index (χ3v) is 3.77. The molecule has 0 spiro atoms. The van der Waals surface area contributed by atoms with Gasteiger partial charge in [-0.05, 0) is 24.3 Å². The average molecular weight is 305 g/mol. The fourth-order valence-electron chi connectivity index (χ4n) is 2.17. The van der Waals surface area contributed by atoms with Crippen molar-refractivity contribution in [3.63, 3.8) is 0 Å². The molecule has 0 saturated heterocycles. The predicted molar refractivity (Wildman–Crippen MR) is 82.6 cm³/mol. The fraction of sp³-hybridized carbons (Fsp3) is 0. The molecule has 0 aliphatic carbocycles. The molecule has 1 aromatic heterocycles. The lowest BCUT2D eigenvalue weighted by Gasteiger charge is -2.04. The number of hydrogen-bond donors (Lipinski definition) is 2. The molecule has 0 bridgehead atoms. The average Bonchev–Trinajstić information content (AvgIpc) is 2.83. The van der Waals surface area contributed by atoms with Gasteiger partial charge in [-0.2, -0.15) is 0 Å². The number of aromatic amines is 1. The van der Waals surface area contributed by atoms with Gasteiger partial charge in [0.2, 0.25) is 0 Å². The molecular formula is C15H10Cl2N2O. The summed E-state index contributed by atoms with van der Waals surface area (Å²) < 4.78 is 0. The van der Waals surface area contributed by atoms with Gasteiger partial charge in [0.05, 0.1) is 15.6 Å². The summed E-state index contributed by atoms with van der Waals surface area (Å²) in [4.78, 5) is 15.6. The van der Waals surface area contributed by atoms with Crippen LogP contribution in [0.2, 0.25) is 10.0 Å². The van der Waals surface area contributed by atoms with Crippen LogP contribution in [-0.2, 0) is 0 Å². The number of rotatable bonds is 2. The Morgan fingerprint density at radius 1 is 1.05 bits per heavy atom. The summed E-state index contributed by atoms with van der Waals surface area (Å²) in [7, 11) is 0. The third kappa shape index (κ3) is 2.05. The molecule has 3 rings (SSSR count). The minimum absolute atomic E-state index is 0.163. The molecule has 0 amide bonds. The van der Waals surface area contributed by atoms with Crippen molar-refractivity contribution < 1.29 is 4.79 Å². The van der Waals surface area contributed by atoms with E-state index in [4.69, 9.17) is 28.9 Å². The lowest BCUT2D eigenvalue weighted by atomic mass is 10.0. The highest BCUT2D eigenvalue weighted by Gasteiger charge is 2.17. The second-order valence-electron chi connectivity index (χ2n) is 4.43. The monoisotopic (exact) mass is 304 g/mol. The van der Waals surface area contributed by atoms with Crippen molar-refractivity contribution in [3.05, 3.63) is 63.8 Å². The van der Waals surface area contributed by atoms with Gasteiger partial charge in [0.25, 0.3) is 0 Å². The number of benzene rings is 2. The topological polar surface area (TPSA) is 58.9 Å². The fourth-order valence-corrected chi connectivity index (χ4v) is 2.67. The van der Waals surface area contributed by atoms with Crippen molar-refractivity contribution >= 4 is 45.6 Å². The van der Waals surface area contributed by atoms with Gasteiger partial charge in [0.1, 0.15) is 0 Å². The summed E-state index contributed by atoms with van der Waals surface area (Å²) in [6, 6.07) is 10.3. The molecule has 3 N–H and O–H groups in total. The normalized spacial score (nSPS) is 10.9. The molecule has 100 valence electrons. The van der Waals surface area contributed by atoms with Gasteiger partial charge >= 0.3 is 0 Å². The number of carbonyl (C=O) groups excluding carboxylic acids is 1. The Labute approximate surface area is 125 Å². The van der Waals surface area contributed by atoms with Crippen LogP contribution in [0.1, 0.15) is 15.9 Å². The Balaban J connectivity index is 2.16. The van der Waals surface area contributed by atoms with Crippen LogP contribution >= 0.6 is 23.2 Å². The first-order valence-corrected chi connectivity index (χ1v) is 6.69. The molecule has 0 aliphatic rings. The molecule has 1 heterocycles. The maximum absolute atomic E-state index is 12.6. The number of nitrogens with two attached hydrogens (primary N) is 1. The van der Waals surface area contributed by atoms with E-state index in [1.54, 1.807) is 36.5 Å². The van der Waals surface area contributed by atoms with Crippen LogP contribution in [0.4, 0.5) is 5.69 Å².